The molecule has 0 aromatic carbocycles. The molecule has 0 bridgehead atoms. The number of aromatic nitrogens is 2. The maximum absolute atomic E-state index is 12.9. The lowest BCUT2D eigenvalue weighted by Crippen LogP contribution is -2.42. The minimum Gasteiger partial charge on any atom is -0.480 e. The van der Waals surface area contributed by atoms with Crippen molar-refractivity contribution in [2.45, 2.75) is 65.0 Å². The summed E-state index contributed by atoms with van der Waals surface area (Å²) in [4.78, 5) is 42.7. The Morgan fingerprint density at radius 3 is 2.78 bits per heavy atom. The molecule has 0 saturated carbocycles. The molecule has 1 amide bonds. The highest BCUT2D eigenvalue weighted by atomic mass is 32.1. The Balaban J connectivity index is 1.71. The maximum Gasteiger partial charge on any atom is 0.326 e. The van der Waals surface area contributed by atoms with Gasteiger partial charge in [0.1, 0.15) is 10.9 Å². The van der Waals surface area contributed by atoms with Crippen LogP contribution in [-0.2, 0) is 29.0 Å². The Hall–Kier alpha value is -2.22. The number of carbonyl (C=O) groups excluding carboxylic acids is 1. The van der Waals surface area contributed by atoms with Crippen LogP contribution in [0.4, 0.5) is 0 Å². The number of rotatable bonds is 7. The van der Waals surface area contributed by atoms with Gasteiger partial charge in [0.15, 0.2) is 0 Å². The highest BCUT2D eigenvalue weighted by molar-refractivity contribution is 7.18. The summed E-state index contributed by atoms with van der Waals surface area (Å²) in [5.41, 5.74) is 1.02. The van der Waals surface area contributed by atoms with Crippen molar-refractivity contribution in [3.8, 4) is 0 Å². The number of aliphatic carboxylic acids is 1. The predicted molar refractivity (Wildman–Crippen MR) is 104 cm³/mol. The van der Waals surface area contributed by atoms with E-state index < -0.39 is 12.0 Å². The molecule has 2 N–H and O–H groups in total. The molecule has 0 aliphatic heterocycles. The number of hydrogen-bond donors (Lipinski definition) is 2. The molecule has 0 spiro atoms. The van der Waals surface area contributed by atoms with E-state index in [-0.39, 0.29) is 30.3 Å². The molecule has 0 unspecified atom stereocenters. The van der Waals surface area contributed by atoms with Crippen LogP contribution in [0.1, 0.15) is 50.0 Å². The van der Waals surface area contributed by atoms with E-state index in [4.69, 9.17) is 0 Å². The van der Waals surface area contributed by atoms with E-state index >= 15 is 0 Å². The molecule has 27 heavy (non-hydrogen) atoms. The molecular weight excluding hydrogens is 366 g/mol. The Morgan fingerprint density at radius 1 is 1.33 bits per heavy atom. The average molecular weight is 391 g/mol. The second kappa shape index (κ2) is 8.21. The van der Waals surface area contributed by atoms with Crippen molar-refractivity contribution in [2.75, 3.05) is 0 Å². The van der Waals surface area contributed by atoms with Crippen LogP contribution >= 0.6 is 11.3 Å². The number of carboxylic acids is 1. The summed E-state index contributed by atoms with van der Waals surface area (Å²) < 4.78 is 1.46. The number of amides is 1. The van der Waals surface area contributed by atoms with Gasteiger partial charge in [-0.05, 0) is 43.6 Å². The van der Waals surface area contributed by atoms with Crippen LogP contribution in [0.2, 0.25) is 0 Å². The van der Waals surface area contributed by atoms with Gasteiger partial charge in [0.05, 0.1) is 11.7 Å². The molecule has 7 nitrogen and oxygen atoms in total. The zero-order chi connectivity index (χ0) is 19.6. The largest absolute Gasteiger partial charge is 0.480 e. The molecule has 1 aliphatic carbocycles. The van der Waals surface area contributed by atoms with Gasteiger partial charge in [0.25, 0.3) is 5.56 Å². The zero-order valence-corrected chi connectivity index (χ0v) is 16.5. The second-order valence-electron chi connectivity index (χ2n) is 7.47. The molecule has 0 saturated heterocycles. The number of nitrogens with one attached hydrogen (secondary N) is 1. The van der Waals surface area contributed by atoms with Crippen molar-refractivity contribution in [1.29, 1.82) is 0 Å². The van der Waals surface area contributed by atoms with E-state index in [1.807, 2.05) is 13.8 Å². The van der Waals surface area contributed by atoms with Crippen LogP contribution in [0.5, 0.6) is 0 Å². The van der Waals surface area contributed by atoms with Crippen molar-refractivity contribution in [2.24, 2.45) is 5.92 Å². The van der Waals surface area contributed by atoms with E-state index in [1.165, 1.54) is 15.8 Å². The van der Waals surface area contributed by atoms with Gasteiger partial charge in [-0.3, -0.25) is 14.2 Å². The van der Waals surface area contributed by atoms with Gasteiger partial charge >= 0.3 is 5.97 Å². The lowest BCUT2D eigenvalue weighted by Gasteiger charge is -2.16. The first-order valence-electron chi connectivity index (χ1n) is 9.38. The monoisotopic (exact) mass is 391 g/mol. The van der Waals surface area contributed by atoms with E-state index in [1.54, 1.807) is 11.3 Å². The third kappa shape index (κ3) is 4.37. The van der Waals surface area contributed by atoms with Gasteiger partial charge in [-0.25, -0.2) is 9.78 Å². The first kappa shape index (κ1) is 19.5. The van der Waals surface area contributed by atoms with Gasteiger partial charge < -0.3 is 10.4 Å². The van der Waals surface area contributed by atoms with Crippen molar-refractivity contribution in [3.63, 3.8) is 0 Å². The Kier molecular flexibility index (Phi) is 5.94. The van der Waals surface area contributed by atoms with E-state index in [0.29, 0.717) is 11.8 Å². The van der Waals surface area contributed by atoms with Crippen LogP contribution in [0.3, 0.4) is 0 Å². The topological polar surface area (TPSA) is 101 Å². The number of carboxylic acid groups (broad SMARTS) is 1. The number of thiophene rings is 1. The maximum atomic E-state index is 12.9. The summed E-state index contributed by atoms with van der Waals surface area (Å²) in [5.74, 6) is -1.25. The van der Waals surface area contributed by atoms with Gasteiger partial charge in [-0.15, -0.1) is 11.3 Å². The normalized spacial score (nSPS) is 14.9. The number of nitrogens with zero attached hydrogens (tertiary/aromatic N) is 2. The Morgan fingerprint density at radius 2 is 2.07 bits per heavy atom. The standard InChI is InChI=1S/C19H25N3O4S/c1-11(2)9-13(19(25)26)21-15(23)7-8-22-10-20-17-16(18(22)24)12-5-3-4-6-14(12)27-17/h10-11,13H,3-9H2,1-2H3,(H,21,23)(H,25,26)/t13-/m0/s1. The van der Waals surface area contributed by atoms with E-state index in [0.717, 1.165) is 36.1 Å². The first-order chi connectivity index (χ1) is 12.9. The third-order valence-corrected chi connectivity index (χ3v) is 6.06. The fourth-order valence-corrected chi connectivity index (χ4v) is 4.74. The van der Waals surface area contributed by atoms with Crippen molar-refractivity contribution in [1.82, 2.24) is 14.9 Å². The minimum atomic E-state index is -1.04. The number of carbonyl (C=O) groups is 2. The fraction of sp³-hybridized carbons (Fsp3) is 0.579. The lowest BCUT2D eigenvalue weighted by molar-refractivity contribution is -0.142. The SMILES string of the molecule is CC(C)C[C@H](NC(=O)CCn1cnc2sc3c(c2c1=O)CCCC3)C(=O)O. The van der Waals surface area contributed by atoms with Crippen LogP contribution < -0.4 is 10.9 Å². The molecule has 1 aliphatic rings. The van der Waals surface area contributed by atoms with Crippen LogP contribution in [0.15, 0.2) is 11.1 Å². The van der Waals surface area contributed by atoms with Gasteiger partial charge in [0.2, 0.25) is 5.91 Å². The summed E-state index contributed by atoms with van der Waals surface area (Å²) in [6.45, 7) is 4.00. The second-order valence-corrected chi connectivity index (χ2v) is 8.56. The molecule has 146 valence electrons. The summed E-state index contributed by atoms with van der Waals surface area (Å²) in [5, 5.41) is 12.5. The van der Waals surface area contributed by atoms with Gasteiger partial charge in [-0.1, -0.05) is 13.8 Å². The van der Waals surface area contributed by atoms with Crippen LogP contribution in [-0.4, -0.2) is 32.6 Å². The van der Waals surface area contributed by atoms with Crippen LogP contribution in [0.25, 0.3) is 10.2 Å². The summed E-state index contributed by atoms with van der Waals surface area (Å²) in [7, 11) is 0. The third-order valence-electron chi connectivity index (χ3n) is 4.86. The molecule has 0 radical (unpaired) electrons. The quantitative estimate of drug-likeness (QED) is 0.754. The van der Waals surface area contributed by atoms with E-state index in [2.05, 4.69) is 10.3 Å². The summed E-state index contributed by atoms with van der Waals surface area (Å²) in [6, 6.07) is -0.904. The Bertz CT molecular complexity index is 916. The van der Waals surface area contributed by atoms with Crippen molar-refractivity contribution < 1.29 is 14.7 Å². The molecule has 3 rings (SSSR count). The number of hydrogen-bond acceptors (Lipinski definition) is 5. The zero-order valence-electron chi connectivity index (χ0n) is 15.7. The molecular formula is C19H25N3O4S. The van der Waals surface area contributed by atoms with Gasteiger partial charge in [0, 0.05) is 17.8 Å². The fourth-order valence-electron chi connectivity index (χ4n) is 3.52. The Labute approximate surface area is 161 Å². The first-order valence-corrected chi connectivity index (χ1v) is 10.2. The highest BCUT2D eigenvalue weighted by Gasteiger charge is 2.22. The van der Waals surface area contributed by atoms with E-state index in [9.17, 15) is 19.5 Å². The molecule has 8 heteroatoms. The van der Waals surface area contributed by atoms with Gasteiger partial charge in [-0.2, -0.15) is 0 Å². The minimum absolute atomic E-state index is 0.0430. The lowest BCUT2D eigenvalue weighted by atomic mass is 9.97. The summed E-state index contributed by atoms with van der Waals surface area (Å²) in [6.07, 6.45) is 6.05. The smallest absolute Gasteiger partial charge is 0.326 e. The molecule has 2 heterocycles. The van der Waals surface area contributed by atoms with Crippen LogP contribution in [0, 0.1) is 5.92 Å². The number of fused-ring (bicyclic) bond motifs is 3. The highest BCUT2D eigenvalue weighted by Crippen LogP contribution is 2.33. The molecule has 2 aromatic rings. The van der Waals surface area contributed by atoms with Crippen molar-refractivity contribution >= 4 is 33.4 Å². The number of aryl methyl sites for hydroxylation is 3. The molecule has 2 aromatic heterocycles. The molecule has 0 fully saturated rings. The predicted octanol–water partition coefficient (Wildman–Crippen LogP) is 2.34. The van der Waals surface area contributed by atoms with Crippen molar-refractivity contribution in [3.05, 3.63) is 27.1 Å². The molecule has 1 atom stereocenters. The summed E-state index contributed by atoms with van der Waals surface area (Å²) >= 11 is 1.60. The average Bonchev–Trinajstić information content (AvgIpc) is 2.99.